The van der Waals surface area contributed by atoms with Gasteiger partial charge in [0.25, 0.3) is 0 Å². The Labute approximate surface area is 152 Å². The standard InChI is InChI=1S/C22H19N3.H3N/c1-22(12-16-5-2-3-6-17(16)13-22)18-8-4-7-15(11-18)20-19-9-10-23-21(19)25-14-24-20;/h2-11,14H,12-13H2,1H3,(H,23,24,25);1H3. The Morgan fingerprint density at radius 3 is 2.46 bits per heavy atom. The number of H-pyrrole nitrogens is 1. The maximum atomic E-state index is 4.55. The zero-order chi connectivity index (χ0) is 16.9. The predicted octanol–water partition coefficient (Wildman–Crippen LogP) is 4.84. The SMILES string of the molecule is CC1(c2cccc(-c3ncnc4[nH]ccc34)c2)Cc2ccccc2C1.N. The van der Waals surface area contributed by atoms with E-state index in [0.29, 0.717) is 0 Å². The summed E-state index contributed by atoms with van der Waals surface area (Å²) in [5, 5.41) is 1.07. The van der Waals surface area contributed by atoms with Gasteiger partial charge in [-0.2, -0.15) is 0 Å². The van der Waals surface area contributed by atoms with Crippen LogP contribution in [0.25, 0.3) is 22.3 Å². The fourth-order valence-electron chi connectivity index (χ4n) is 4.15. The van der Waals surface area contributed by atoms with Crippen molar-refractivity contribution in [2.45, 2.75) is 25.2 Å². The van der Waals surface area contributed by atoms with Crippen LogP contribution >= 0.6 is 0 Å². The summed E-state index contributed by atoms with van der Waals surface area (Å²) in [7, 11) is 0. The fraction of sp³-hybridized carbons (Fsp3) is 0.182. The van der Waals surface area contributed by atoms with Crippen molar-refractivity contribution in [1.82, 2.24) is 21.1 Å². The third kappa shape index (κ3) is 2.50. The average Bonchev–Trinajstić information content (AvgIpc) is 3.25. The molecular weight excluding hydrogens is 320 g/mol. The van der Waals surface area contributed by atoms with E-state index in [9.17, 15) is 0 Å². The van der Waals surface area contributed by atoms with Crippen LogP contribution in [0.4, 0.5) is 0 Å². The molecule has 1 aliphatic carbocycles. The molecule has 0 bridgehead atoms. The van der Waals surface area contributed by atoms with Crippen molar-refractivity contribution in [2.75, 3.05) is 0 Å². The normalized spacial score (nSPS) is 14.8. The summed E-state index contributed by atoms with van der Waals surface area (Å²) in [6.45, 7) is 2.37. The van der Waals surface area contributed by atoms with Crippen LogP contribution in [-0.4, -0.2) is 15.0 Å². The molecule has 1 aliphatic rings. The van der Waals surface area contributed by atoms with E-state index in [4.69, 9.17) is 0 Å². The molecule has 0 unspecified atom stereocenters. The van der Waals surface area contributed by atoms with Crippen LogP contribution in [0.5, 0.6) is 0 Å². The van der Waals surface area contributed by atoms with Gasteiger partial charge in [-0.15, -0.1) is 0 Å². The minimum Gasteiger partial charge on any atom is -0.346 e. The number of aromatic nitrogens is 3. The molecule has 0 amide bonds. The number of benzene rings is 2. The van der Waals surface area contributed by atoms with Gasteiger partial charge in [-0.3, -0.25) is 0 Å². The zero-order valence-electron chi connectivity index (χ0n) is 14.9. The summed E-state index contributed by atoms with van der Waals surface area (Å²) >= 11 is 0. The minimum absolute atomic E-state index is 0. The van der Waals surface area contributed by atoms with Crippen LogP contribution in [-0.2, 0) is 18.3 Å². The second-order valence-corrected chi connectivity index (χ2v) is 7.23. The van der Waals surface area contributed by atoms with Gasteiger partial charge in [0.05, 0.1) is 5.69 Å². The highest BCUT2D eigenvalue weighted by atomic mass is 14.9. The van der Waals surface area contributed by atoms with Gasteiger partial charge in [-0.05, 0) is 41.7 Å². The molecule has 0 saturated heterocycles. The zero-order valence-corrected chi connectivity index (χ0v) is 14.9. The molecular formula is C22H22N4. The topological polar surface area (TPSA) is 76.6 Å². The lowest BCUT2D eigenvalue weighted by Crippen LogP contribution is -2.22. The van der Waals surface area contributed by atoms with Crippen molar-refractivity contribution in [1.29, 1.82) is 0 Å². The van der Waals surface area contributed by atoms with E-state index in [0.717, 1.165) is 35.1 Å². The molecule has 4 nitrogen and oxygen atoms in total. The summed E-state index contributed by atoms with van der Waals surface area (Å²) in [5.41, 5.74) is 7.51. The highest BCUT2D eigenvalue weighted by Crippen LogP contribution is 2.40. The Hall–Kier alpha value is -2.98. The first-order valence-corrected chi connectivity index (χ1v) is 8.69. The first kappa shape index (κ1) is 16.5. The molecule has 0 spiro atoms. The lowest BCUT2D eigenvalue weighted by atomic mass is 9.79. The molecule has 0 radical (unpaired) electrons. The number of hydrogen-bond acceptors (Lipinski definition) is 3. The van der Waals surface area contributed by atoms with Crippen molar-refractivity contribution in [3.05, 3.63) is 83.8 Å². The van der Waals surface area contributed by atoms with Crippen molar-refractivity contribution < 1.29 is 0 Å². The third-order valence-electron chi connectivity index (χ3n) is 5.47. The monoisotopic (exact) mass is 342 g/mol. The van der Waals surface area contributed by atoms with Crippen LogP contribution in [0.2, 0.25) is 0 Å². The smallest absolute Gasteiger partial charge is 0.141 e. The molecule has 0 saturated carbocycles. The lowest BCUT2D eigenvalue weighted by Gasteiger charge is -2.25. The molecule has 0 aliphatic heterocycles. The van der Waals surface area contributed by atoms with Crippen molar-refractivity contribution in [3.63, 3.8) is 0 Å². The van der Waals surface area contributed by atoms with Crippen LogP contribution < -0.4 is 6.15 Å². The molecule has 5 rings (SSSR count). The van der Waals surface area contributed by atoms with E-state index < -0.39 is 0 Å². The van der Waals surface area contributed by atoms with Gasteiger partial charge in [0.1, 0.15) is 12.0 Å². The van der Waals surface area contributed by atoms with Crippen LogP contribution in [0, 0.1) is 0 Å². The van der Waals surface area contributed by atoms with E-state index in [1.807, 2.05) is 12.3 Å². The average molecular weight is 342 g/mol. The Kier molecular flexibility index (Phi) is 3.85. The van der Waals surface area contributed by atoms with Crippen LogP contribution in [0.3, 0.4) is 0 Å². The largest absolute Gasteiger partial charge is 0.346 e. The maximum Gasteiger partial charge on any atom is 0.141 e. The summed E-state index contributed by atoms with van der Waals surface area (Å²) in [6, 6.07) is 19.7. The number of nitrogens with zero attached hydrogens (tertiary/aromatic N) is 2. The van der Waals surface area contributed by atoms with Crippen molar-refractivity contribution >= 4 is 11.0 Å². The number of nitrogens with one attached hydrogen (secondary N) is 1. The van der Waals surface area contributed by atoms with Gasteiger partial charge < -0.3 is 11.1 Å². The second kappa shape index (κ2) is 6.07. The number of hydrogen-bond donors (Lipinski definition) is 2. The Balaban J connectivity index is 0.00000168. The molecule has 2 aromatic heterocycles. The summed E-state index contributed by atoms with van der Waals surface area (Å²) in [6.07, 6.45) is 5.74. The number of aromatic amines is 1. The molecule has 130 valence electrons. The second-order valence-electron chi connectivity index (χ2n) is 7.23. The van der Waals surface area contributed by atoms with E-state index in [2.05, 4.69) is 70.4 Å². The minimum atomic E-state index is 0. The van der Waals surface area contributed by atoms with Gasteiger partial charge >= 0.3 is 0 Å². The van der Waals surface area contributed by atoms with E-state index in [1.54, 1.807) is 6.33 Å². The van der Waals surface area contributed by atoms with E-state index in [1.165, 1.54) is 16.7 Å². The van der Waals surface area contributed by atoms with Gasteiger partial charge in [-0.25, -0.2) is 9.97 Å². The van der Waals surface area contributed by atoms with Gasteiger partial charge in [0.15, 0.2) is 0 Å². The van der Waals surface area contributed by atoms with Gasteiger partial charge in [0, 0.05) is 22.6 Å². The first-order valence-electron chi connectivity index (χ1n) is 8.69. The number of rotatable bonds is 2. The highest BCUT2D eigenvalue weighted by Gasteiger charge is 2.34. The number of fused-ring (bicyclic) bond motifs is 2. The third-order valence-corrected chi connectivity index (χ3v) is 5.47. The quantitative estimate of drug-likeness (QED) is 0.547. The Morgan fingerprint density at radius 2 is 1.69 bits per heavy atom. The van der Waals surface area contributed by atoms with E-state index in [-0.39, 0.29) is 11.6 Å². The predicted molar refractivity (Wildman–Crippen MR) is 106 cm³/mol. The maximum absolute atomic E-state index is 4.55. The molecule has 0 fully saturated rings. The van der Waals surface area contributed by atoms with Crippen LogP contribution in [0.15, 0.2) is 67.1 Å². The van der Waals surface area contributed by atoms with Gasteiger partial charge in [-0.1, -0.05) is 49.4 Å². The van der Waals surface area contributed by atoms with Crippen molar-refractivity contribution in [2.24, 2.45) is 0 Å². The van der Waals surface area contributed by atoms with Crippen molar-refractivity contribution in [3.8, 4) is 11.3 Å². The van der Waals surface area contributed by atoms with Crippen LogP contribution in [0.1, 0.15) is 23.6 Å². The molecule has 4 heteroatoms. The van der Waals surface area contributed by atoms with E-state index >= 15 is 0 Å². The molecule has 4 aromatic rings. The summed E-state index contributed by atoms with van der Waals surface area (Å²) in [5.74, 6) is 0. The summed E-state index contributed by atoms with van der Waals surface area (Å²) < 4.78 is 0. The molecule has 4 N–H and O–H groups in total. The highest BCUT2D eigenvalue weighted by molar-refractivity contribution is 5.90. The molecule has 2 aromatic carbocycles. The Bertz CT molecular complexity index is 1060. The summed E-state index contributed by atoms with van der Waals surface area (Å²) in [4.78, 5) is 12.0. The fourth-order valence-corrected chi connectivity index (χ4v) is 4.15. The van der Waals surface area contributed by atoms with Gasteiger partial charge in [0.2, 0.25) is 0 Å². The molecule has 26 heavy (non-hydrogen) atoms. The first-order chi connectivity index (χ1) is 12.2. The lowest BCUT2D eigenvalue weighted by molar-refractivity contribution is 0.504. The molecule has 0 atom stereocenters. The Morgan fingerprint density at radius 1 is 0.923 bits per heavy atom. The molecule has 2 heterocycles.